The van der Waals surface area contributed by atoms with Gasteiger partial charge in [-0.1, -0.05) is 11.6 Å². The number of halogens is 2. The number of allylic oxidation sites excluding steroid dienone is 1. The Hall–Kier alpha value is -0.440. The summed E-state index contributed by atoms with van der Waals surface area (Å²) >= 11 is 0. The highest BCUT2D eigenvalue weighted by Gasteiger charge is 2.42. The molecular weight excluding hydrogens is 184 g/mol. The van der Waals surface area contributed by atoms with E-state index >= 15 is 0 Å². The van der Waals surface area contributed by atoms with Gasteiger partial charge in [-0.05, 0) is 32.2 Å². The third kappa shape index (κ3) is 2.14. The maximum absolute atomic E-state index is 13.3. The second-order valence-corrected chi connectivity index (χ2v) is 4.36. The molecule has 3 heteroatoms. The Morgan fingerprint density at radius 2 is 2.21 bits per heavy atom. The predicted octanol–water partition coefficient (Wildman–Crippen LogP) is 2.73. The maximum atomic E-state index is 13.3. The first-order valence-electron chi connectivity index (χ1n) is 5.46. The minimum atomic E-state index is -2.44. The van der Waals surface area contributed by atoms with E-state index in [-0.39, 0.29) is 6.42 Å². The fraction of sp³-hybridized carbons (Fsp3) is 0.818. The van der Waals surface area contributed by atoms with E-state index in [1.165, 1.54) is 5.57 Å². The monoisotopic (exact) mass is 201 g/mol. The molecule has 0 aromatic rings. The topological polar surface area (TPSA) is 12.0 Å². The van der Waals surface area contributed by atoms with E-state index in [4.69, 9.17) is 0 Å². The average Bonchev–Trinajstić information content (AvgIpc) is 2.48. The standard InChI is InChI=1S/C11H17F2N/c12-11(13)5-1-4-10(11)7-9-3-2-6-14-8-9/h7,10,14H,1-6,8H2/b9-7-. The van der Waals surface area contributed by atoms with Gasteiger partial charge in [0.05, 0.1) is 0 Å². The van der Waals surface area contributed by atoms with E-state index in [0.29, 0.717) is 12.8 Å². The van der Waals surface area contributed by atoms with Crippen LogP contribution < -0.4 is 5.32 Å². The minimum Gasteiger partial charge on any atom is -0.313 e. The second kappa shape index (κ2) is 3.97. The van der Waals surface area contributed by atoms with Crippen LogP contribution in [0.4, 0.5) is 8.78 Å². The van der Waals surface area contributed by atoms with Crippen LogP contribution >= 0.6 is 0 Å². The normalized spacial score (nSPS) is 35.0. The van der Waals surface area contributed by atoms with Crippen molar-refractivity contribution in [3.05, 3.63) is 11.6 Å². The molecule has 1 unspecified atom stereocenters. The van der Waals surface area contributed by atoms with Gasteiger partial charge in [-0.2, -0.15) is 0 Å². The Morgan fingerprint density at radius 3 is 2.79 bits per heavy atom. The van der Waals surface area contributed by atoms with Gasteiger partial charge >= 0.3 is 0 Å². The molecule has 0 spiro atoms. The summed E-state index contributed by atoms with van der Waals surface area (Å²) in [5.74, 6) is -2.93. The fourth-order valence-electron chi connectivity index (χ4n) is 2.36. The molecule has 14 heavy (non-hydrogen) atoms. The lowest BCUT2D eigenvalue weighted by Crippen LogP contribution is -2.26. The minimum absolute atomic E-state index is 0.0782. The van der Waals surface area contributed by atoms with Gasteiger partial charge in [-0.15, -0.1) is 0 Å². The highest BCUT2D eigenvalue weighted by molar-refractivity contribution is 5.12. The van der Waals surface area contributed by atoms with E-state index in [9.17, 15) is 8.78 Å². The van der Waals surface area contributed by atoms with Crippen molar-refractivity contribution in [2.45, 2.75) is 38.0 Å². The van der Waals surface area contributed by atoms with Gasteiger partial charge in [0, 0.05) is 18.9 Å². The highest BCUT2D eigenvalue weighted by atomic mass is 19.3. The lowest BCUT2D eigenvalue weighted by Gasteiger charge is -2.20. The zero-order valence-corrected chi connectivity index (χ0v) is 8.36. The lowest BCUT2D eigenvalue weighted by atomic mass is 9.97. The number of hydrogen-bond acceptors (Lipinski definition) is 1. The van der Waals surface area contributed by atoms with Crippen molar-refractivity contribution in [3.8, 4) is 0 Å². The van der Waals surface area contributed by atoms with Crippen molar-refractivity contribution < 1.29 is 8.78 Å². The summed E-state index contributed by atoms with van der Waals surface area (Å²) in [5, 5.41) is 3.22. The molecule has 0 radical (unpaired) electrons. The molecule has 0 aromatic carbocycles. The second-order valence-electron chi connectivity index (χ2n) is 4.36. The Bertz CT molecular complexity index is 227. The maximum Gasteiger partial charge on any atom is 0.254 e. The molecule has 0 bridgehead atoms. The van der Waals surface area contributed by atoms with Gasteiger partial charge in [0.1, 0.15) is 0 Å². The zero-order chi connectivity index (χ0) is 10.0. The molecule has 1 aliphatic carbocycles. The molecule has 1 atom stereocenters. The van der Waals surface area contributed by atoms with E-state index in [0.717, 1.165) is 25.9 Å². The van der Waals surface area contributed by atoms with Crippen molar-refractivity contribution >= 4 is 0 Å². The van der Waals surface area contributed by atoms with Crippen LogP contribution in [0.3, 0.4) is 0 Å². The van der Waals surface area contributed by atoms with Crippen LogP contribution in [0.5, 0.6) is 0 Å². The van der Waals surface area contributed by atoms with E-state index in [1.54, 1.807) is 0 Å². The lowest BCUT2D eigenvalue weighted by molar-refractivity contribution is -0.0202. The molecule has 1 saturated carbocycles. The number of hydrogen-bond donors (Lipinski definition) is 1. The molecule has 2 fully saturated rings. The van der Waals surface area contributed by atoms with E-state index in [1.807, 2.05) is 6.08 Å². The number of alkyl halides is 2. The summed E-state index contributed by atoms with van der Waals surface area (Å²) in [6.45, 7) is 1.84. The number of rotatable bonds is 1. The van der Waals surface area contributed by atoms with Gasteiger partial charge in [0.25, 0.3) is 5.92 Å². The van der Waals surface area contributed by atoms with Crippen molar-refractivity contribution in [2.24, 2.45) is 5.92 Å². The summed E-state index contributed by atoms with van der Waals surface area (Å²) in [4.78, 5) is 0. The largest absolute Gasteiger partial charge is 0.313 e. The zero-order valence-electron chi connectivity index (χ0n) is 8.36. The van der Waals surface area contributed by atoms with Crippen LogP contribution in [-0.2, 0) is 0 Å². The van der Waals surface area contributed by atoms with Crippen LogP contribution in [0.15, 0.2) is 11.6 Å². The summed E-state index contributed by atoms with van der Waals surface area (Å²) in [7, 11) is 0. The van der Waals surface area contributed by atoms with Gasteiger partial charge < -0.3 is 5.32 Å². The number of nitrogens with one attached hydrogen (secondary N) is 1. The SMILES string of the molecule is FC1(F)CCCC1/C=C1/CCCNC1. The van der Waals surface area contributed by atoms with E-state index < -0.39 is 11.8 Å². The first kappa shape index (κ1) is 10.1. The Kier molecular flexibility index (Phi) is 2.86. The van der Waals surface area contributed by atoms with Gasteiger partial charge in [0.15, 0.2) is 0 Å². The summed E-state index contributed by atoms with van der Waals surface area (Å²) < 4.78 is 26.6. The van der Waals surface area contributed by atoms with Crippen LogP contribution in [0.1, 0.15) is 32.1 Å². The van der Waals surface area contributed by atoms with Crippen molar-refractivity contribution in [1.29, 1.82) is 0 Å². The summed E-state index contributed by atoms with van der Waals surface area (Å²) in [6.07, 6.45) is 5.34. The molecular formula is C11H17F2N. The van der Waals surface area contributed by atoms with Gasteiger partial charge in [0.2, 0.25) is 0 Å². The quantitative estimate of drug-likeness (QED) is 0.643. The Morgan fingerprint density at radius 1 is 1.36 bits per heavy atom. The first-order valence-corrected chi connectivity index (χ1v) is 5.46. The van der Waals surface area contributed by atoms with Crippen LogP contribution in [0, 0.1) is 5.92 Å². The molecule has 1 heterocycles. The molecule has 0 amide bonds. The van der Waals surface area contributed by atoms with Gasteiger partial charge in [-0.25, -0.2) is 8.78 Å². The summed E-state index contributed by atoms with van der Waals surface area (Å²) in [5.41, 5.74) is 1.18. The molecule has 0 aromatic heterocycles. The third-order valence-corrected chi connectivity index (χ3v) is 3.21. The molecule has 1 nitrogen and oxygen atoms in total. The average molecular weight is 201 g/mol. The van der Waals surface area contributed by atoms with Crippen LogP contribution in [-0.4, -0.2) is 19.0 Å². The van der Waals surface area contributed by atoms with E-state index in [2.05, 4.69) is 5.32 Å². The van der Waals surface area contributed by atoms with Gasteiger partial charge in [-0.3, -0.25) is 0 Å². The smallest absolute Gasteiger partial charge is 0.254 e. The molecule has 2 rings (SSSR count). The Balaban J connectivity index is 2.01. The van der Waals surface area contributed by atoms with Crippen molar-refractivity contribution in [2.75, 3.05) is 13.1 Å². The molecule has 80 valence electrons. The van der Waals surface area contributed by atoms with Crippen LogP contribution in [0.2, 0.25) is 0 Å². The highest BCUT2D eigenvalue weighted by Crippen LogP contribution is 2.41. The molecule has 1 aliphatic heterocycles. The fourth-order valence-corrected chi connectivity index (χ4v) is 2.36. The summed E-state index contributed by atoms with van der Waals surface area (Å²) in [6, 6.07) is 0. The number of piperidine rings is 1. The molecule has 1 N–H and O–H groups in total. The van der Waals surface area contributed by atoms with Crippen molar-refractivity contribution in [1.82, 2.24) is 5.32 Å². The van der Waals surface area contributed by atoms with Crippen molar-refractivity contribution in [3.63, 3.8) is 0 Å². The molecule has 1 saturated heterocycles. The predicted molar refractivity (Wildman–Crippen MR) is 52.5 cm³/mol. The molecule has 2 aliphatic rings. The third-order valence-electron chi connectivity index (χ3n) is 3.21. The first-order chi connectivity index (χ1) is 6.68. The van der Waals surface area contributed by atoms with Crippen LogP contribution in [0.25, 0.3) is 0 Å². The Labute approximate surface area is 83.6 Å².